The number of nitrogens with zero attached hydrogens (tertiary/aromatic N) is 4. The zero-order valence-electron chi connectivity index (χ0n) is 11.6. The van der Waals surface area contributed by atoms with Crippen molar-refractivity contribution in [3.63, 3.8) is 0 Å². The minimum Gasteiger partial charge on any atom is -0.361 e. The van der Waals surface area contributed by atoms with E-state index in [4.69, 9.17) is 0 Å². The molecule has 0 radical (unpaired) electrons. The number of ketones is 1. The van der Waals surface area contributed by atoms with E-state index in [1.165, 1.54) is 0 Å². The number of Topliss-reactive ketones (excluding diaryl/α,β-unsaturated/α-hetero) is 1. The van der Waals surface area contributed by atoms with Crippen LogP contribution in [-0.2, 0) is 4.79 Å². The summed E-state index contributed by atoms with van der Waals surface area (Å²) in [6.45, 7) is 5.06. The molecule has 20 heavy (non-hydrogen) atoms. The lowest BCUT2D eigenvalue weighted by molar-refractivity contribution is -0.119. The van der Waals surface area contributed by atoms with Crippen molar-refractivity contribution in [2.24, 2.45) is 0 Å². The van der Waals surface area contributed by atoms with Gasteiger partial charge in [-0.3, -0.25) is 9.69 Å². The van der Waals surface area contributed by atoms with Crippen molar-refractivity contribution in [3.05, 3.63) is 29.5 Å². The van der Waals surface area contributed by atoms with Crippen LogP contribution in [0.5, 0.6) is 0 Å². The first-order valence-electron chi connectivity index (χ1n) is 6.75. The normalized spacial score (nSPS) is 18.0. The van der Waals surface area contributed by atoms with E-state index in [1.807, 2.05) is 12.1 Å². The van der Waals surface area contributed by atoms with E-state index in [9.17, 15) is 10.1 Å². The molecule has 5 heteroatoms. The Labute approximate surface area is 118 Å². The Hall–Kier alpha value is -2.35. The third kappa shape index (κ3) is 1.85. The SMILES string of the molecule is CC(C)N1CC(=O)CC2=C1c1cccnc1N(C#N)C2. The van der Waals surface area contributed by atoms with Crippen molar-refractivity contribution >= 4 is 17.3 Å². The Balaban J connectivity index is 2.19. The van der Waals surface area contributed by atoms with Gasteiger partial charge in [0.2, 0.25) is 0 Å². The molecule has 5 nitrogen and oxygen atoms in total. The smallest absolute Gasteiger partial charge is 0.185 e. The van der Waals surface area contributed by atoms with Crippen molar-refractivity contribution in [1.82, 2.24) is 9.88 Å². The highest BCUT2D eigenvalue weighted by atomic mass is 16.1. The van der Waals surface area contributed by atoms with E-state index in [0.717, 1.165) is 16.8 Å². The fourth-order valence-electron chi connectivity index (χ4n) is 2.91. The number of aromatic nitrogens is 1. The molecule has 0 unspecified atom stereocenters. The minimum absolute atomic E-state index is 0.211. The van der Waals surface area contributed by atoms with Crippen LogP contribution in [0.3, 0.4) is 0 Å². The monoisotopic (exact) mass is 268 g/mol. The summed E-state index contributed by atoms with van der Waals surface area (Å²) in [6.07, 6.45) is 4.29. The zero-order valence-corrected chi connectivity index (χ0v) is 11.6. The van der Waals surface area contributed by atoms with E-state index in [0.29, 0.717) is 25.3 Å². The van der Waals surface area contributed by atoms with Crippen LogP contribution < -0.4 is 4.90 Å². The quantitative estimate of drug-likeness (QED) is 0.727. The Morgan fingerprint density at radius 1 is 1.40 bits per heavy atom. The van der Waals surface area contributed by atoms with Crippen molar-refractivity contribution in [1.29, 1.82) is 5.26 Å². The lowest BCUT2D eigenvalue weighted by Gasteiger charge is -2.40. The predicted molar refractivity (Wildman–Crippen MR) is 75.6 cm³/mol. The number of anilines is 1. The molecular formula is C15H16N4O. The van der Waals surface area contributed by atoms with E-state index >= 15 is 0 Å². The number of rotatable bonds is 1. The van der Waals surface area contributed by atoms with Gasteiger partial charge in [0, 0.05) is 29.9 Å². The first-order chi connectivity index (χ1) is 9.61. The van der Waals surface area contributed by atoms with Gasteiger partial charge in [-0.25, -0.2) is 4.98 Å². The highest BCUT2D eigenvalue weighted by molar-refractivity contribution is 5.93. The highest BCUT2D eigenvalue weighted by Crippen LogP contribution is 2.39. The van der Waals surface area contributed by atoms with Crippen LogP contribution in [0.15, 0.2) is 23.9 Å². The van der Waals surface area contributed by atoms with E-state index in [1.54, 1.807) is 11.1 Å². The second-order valence-electron chi connectivity index (χ2n) is 5.45. The molecule has 2 aliphatic rings. The van der Waals surface area contributed by atoms with Crippen LogP contribution in [0.2, 0.25) is 0 Å². The maximum Gasteiger partial charge on any atom is 0.185 e. The van der Waals surface area contributed by atoms with Crippen molar-refractivity contribution in [3.8, 4) is 6.19 Å². The summed E-state index contributed by atoms with van der Waals surface area (Å²) in [4.78, 5) is 20.0. The molecule has 3 rings (SSSR count). The third-order valence-corrected chi connectivity index (χ3v) is 3.77. The molecule has 102 valence electrons. The van der Waals surface area contributed by atoms with Crippen LogP contribution in [0.1, 0.15) is 25.8 Å². The molecule has 0 spiro atoms. The number of hydrogen-bond acceptors (Lipinski definition) is 5. The molecule has 0 fully saturated rings. The number of nitriles is 1. The number of pyridine rings is 1. The highest BCUT2D eigenvalue weighted by Gasteiger charge is 2.34. The van der Waals surface area contributed by atoms with Gasteiger partial charge in [-0.15, -0.1) is 0 Å². The summed E-state index contributed by atoms with van der Waals surface area (Å²) < 4.78 is 0. The second-order valence-corrected chi connectivity index (χ2v) is 5.45. The third-order valence-electron chi connectivity index (χ3n) is 3.77. The molecular weight excluding hydrogens is 252 g/mol. The summed E-state index contributed by atoms with van der Waals surface area (Å²) in [5, 5.41) is 9.28. The topological polar surface area (TPSA) is 60.2 Å². The molecule has 3 heterocycles. The second kappa shape index (κ2) is 4.64. The Kier molecular flexibility index (Phi) is 2.94. The Morgan fingerprint density at radius 3 is 2.90 bits per heavy atom. The first kappa shape index (κ1) is 12.7. The van der Waals surface area contributed by atoms with E-state index < -0.39 is 0 Å². The van der Waals surface area contributed by atoms with Crippen molar-refractivity contribution < 1.29 is 4.79 Å². The number of carbonyl (C=O) groups is 1. The summed E-state index contributed by atoms with van der Waals surface area (Å²) in [6, 6.07) is 4.09. The molecule has 0 aliphatic carbocycles. The molecule has 0 N–H and O–H groups in total. The molecule has 0 atom stereocenters. The minimum atomic E-state index is 0.211. The molecule has 1 aromatic heterocycles. The standard InChI is InChI=1S/C15H16N4O/c1-10(2)19-8-12(20)6-11-7-18(9-16)15-13(14(11)19)4-3-5-17-15/h3-5,10H,6-8H2,1-2H3. The summed E-state index contributed by atoms with van der Waals surface area (Å²) >= 11 is 0. The van der Waals surface area contributed by atoms with Crippen LogP contribution in [0.25, 0.3) is 5.70 Å². The van der Waals surface area contributed by atoms with Crippen molar-refractivity contribution in [2.75, 3.05) is 18.0 Å². The van der Waals surface area contributed by atoms with E-state index in [2.05, 4.69) is 29.9 Å². The average molecular weight is 268 g/mol. The van der Waals surface area contributed by atoms with Crippen LogP contribution in [0.4, 0.5) is 5.82 Å². The fraction of sp³-hybridized carbons (Fsp3) is 0.400. The summed E-state index contributed by atoms with van der Waals surface area (Å²) in [5.41, 5.74) is 3.07. The summed E-state index contributed by atoms with van der Waals surface area (Å²) in [5.74, 6) is 0.899. The van der Waals surface area contributed by atoms with Gasteiger partial charge in [0.05, 0.1) is 13.1 Å². The van der Waals surface area contributed by atoms with Gasteiger partial charge in [-0.05, 0) is 31.6 Å². The number of hydrogen-bond donors (Lipinski definition) is 0. The first-order valence-corrected chi connectivity index (χ1v) is 6.75. The van der Waals surface area contributed by atoms with Gasteiger partial charge in [0.15, 0.2) is 17.8 Å². The molecule has 0 saturated carbocycles. The van der Waals surface area contributed by atoms with E-state index in [-0.39, 0.29) is 11.8 Å². The molecule has 0 amide bonds. The maximum atomic E-state index is 11.9. The lowest BCUT2D eigenvalue weighted by Crippen LogP contribution is -2.42. The molecule has 0 saturated heterocycles. The Morgan fingerprint density at radius 2 is 2.20 bits per heavy atom. The average Bonchev–Trinajstić information content (AvgIpc) is 2.45. The number of carbonyl (C=O) groups excluding carboxylic acids is 1. The molecule has 0 bridgehead atoms. The largest absolute Gasteiger partial charge is 0.361 e. The Bertz CT molecular complexity index is 642. The summed E-state index contributed by atoms with van der Waals surface area (Å²) in [7, 11) is 0. The van der Waals surface area contributed by atoms with Crippen molar-refractivity contribution in [2.45, 2.75) is 26.3 Å². The van der Waals surface area contributed by atoms with Gasteiger partial charge >= 0.3 is 0 Å². The molecule has 1 aromatic rings. The van der Waals surface area contributed by atoms with Crippen LogP contribution in [0, 0.1) is 11.5 Å². The van der Waals surface area contributed by atoms with Gasteiger partial charge < -0.3 is 4.90 Å². The number of fused-ring (bicyclic) bond motifs is 2. The van der Waals surface area contributed by atoms with Gasteiger partial charge in [-0.2, -0.15) is 5.26 Å². The maximum absolute atomic E-state index is 11.9. The van der Waals surface area contributed by atoms with Gasteiger partial charge in [0.25, 0.3) is 0 Å². The predicted octanol–water partition coefficient (Wildman–Crippen LogP) is 1.78. The fourth-order valence-corrected chi connectivity index (χ4v) is 2.91. The van der Waals surface area contributed by atoms with Crippen LogP contribution in [-0.4, -0.2) is 34.8 Å². The molecule has 0 aromatic carbocycles. The lowest BCUT2D eigenvalue weighted by atomic mass is 9.92. The van der Waals surface area contributed by atoms with Gasteiger partial charge in [-0.1, -0.05) is 0 Å². The van der Waals surface area contributed by atoms with Crippen LogP contribution >= 0.6 is 0 Å². The zero-order chi connectivity index (χ0) is 14.3. The molecule has 2 aliphatic heterocycles. The van der Waals surface area contributed by atoms with Gasteiger partial charge in [0.1, 0.15) is 0 Å².